The molecule has 4 aromatic heterocycles. The fourth-order valence-electron chi connectivity index (χ4n) is 3.43. The average Bonchev–Trinajstić information content (AvgIpc) is 3.43. The van der Waals surface area contributed by atoms with Gasteiger partial charge in [0.15, 0.2) is 5.52 Å². The van der Waals surface area contributed by atoms with Crippen molar-refractivity contribution >= 4 is 22.6 Å². The molecule has 4 aromatic rings. The van der Waals surface area contributed by atoms with Gasteiger partial charge in [-0.25, -0.2) is 15.0 Å². The summed E-state index contributed by atoms with van der Waals surface area (Å²) in [6.07, 6.45) is 8.80. The molecule has 0 saturated carbocycles. The number of ether oxygens (including phenoxy) is 2. The summed E-state index contributed by atoms with van der Waals surface area (Å²) in [6.45, 7) is 4.67. The Morgan fingerprint density at radius 3 is 3.03 bits per heavy atom. The number of imidazole rings is 1. The minimum absolute atomic E-state index is 0.0916. The maximum absolute atomic E-state index is 11.8. The average molecular weight is 402 g/mol. The van der Waals surface area contributed by atoms with Crippen molar-refractivity contribution in [1.29, 1.82) is 0 Å². The number of nitrogens with zero attached hydrogens (tertiary/aromatic N) is 6. The van der Waals surface area contributed by atoms with Crippen LogP contribution >= 0.6 is 0 Å². The molecule has 0 aromatic carbocycles. The highest BCUT2D eigenvalue weighted by Gasteiger charge is 2.26. The molecule has 0 N–H and O–H groups in total. The standard InChI is InChI=1S/C21H18N6O3/c1-2-19(28)27-9-6-15(12-27)29-18-4-3-16-20(25-18)21(24-13-23-16)30-14-5-8-26-10-7-22-17(26)11-14/h2-5,7-8,10-11,13,15H,1,6,9,12H2/t15-/m0/s1. The van der Waals surface area contributed by atoms with Crippen LogP contribution in [0.1, 0.15) is 6.42 Å². The first-order valence-electron chi connectivity index (χ1n) is 9.50. The third-order valence-corrected chi connectivity index (χ3v) is 4.93. The molecule has 0 radical (unpaired) electrons. The van der Waals surface area contributed by atoms with Crippen LogP contribution in [0.15, 0.2) is 61.8 Å². The monoisotopic (exact) mass is 402 g/mol. The predicted octanol–water partition coefficient (Wildman–Crippen LogP) is 2.63. The van der Waals surface area contributed by atoms with E-state index in [1.54, 1.807) is 17.2 Å². The minimum Gasteiger partial charge on any atom is -0.472 e. The van der Waals surface area contributed by atoms with Crippen LogP contribution in [0.3, 0.4) is 0 Å². The number of rotatable bonds is 5. The van der Waals surface area contributed by atoms with E-state index in [2.05, 4.69) is 26.5 Å². The molecule has 150 valence electrons. The normalized spacial score (nSPS) is 16.1. The van der Waals surface area contributed by atoms with Gasteiger partial charge in [0.05, 0.1) is 12.1 Å². The maximum Gasteiger partial charge on any atom is 0.249 e. The fourth-order valence-corrected chi connectivity index (χ4v) is 3.43. The molecule has 1 aliphatic heterocycles. The molecule has 0 bridgehead atoms. The summed E-state index contributed by atoms with van der Waals surface area (Å²) < 4.78 is 13.9. The van der Waals surface area contributed by atoms with Gasteiger partial charge in [-0.05, 0) is 18.2 Å². The number of likely N-dealkylation sites (tertiary alicyclic amines) is 1. The Labute approximate surface area is 171 Å². The fraction of sp³-hybridized carbons (Fsp3) is 0.190. The molecule has 9 heteroatoms. The molecular formula is C21H18N6O3. The van der Waals surface area contributed by atoms with Crippen LogP contribution in [-0.4, -0.2) is 54.3 Å². The Bertz CT molecular complexity index is 1250. The number of aromatic nitrogens is 5. The number of carbonyl (C=O) groups excluding carboxylic acids is 1. The van der Waals surface area contributed by atoms with Crippen LogP contribution in [0.2, 0.25) is 0 Å². The Balaban J connectivity index is 1.39. The molecule has 0 aliphatic carbocycles. The largest absolute Gasteiger partial charge is 0.472 e. The van der Waals surface area contributed by atoms with Crippen molar-refractivity contribution in [2.45, 2.75) is 12.5 Å². The van der Waals surface area contributed by atoms with E-state index in [-0.39, 0.29) is 12.0 Å². The Morgan fingerprint density at radius 1 is 1.20 bits per heavy atom. The van der Waals surface area contributed by atoms with Gasteiger partial charge in [-0.3, -0.25) is 4.79 Å². The zero-order valence-electron chi connectivity index (χ0n) is 16.0. The second-order valence-corrected chi connectivity index (χ2v) is 6.87. The summed E-state index contributed by atoms with van der Waals surface area (Å²) >= 11 is 0. The Hall–Kier alpha value is -4.01. The molecule has 1 aliphatic rings. The van der Waals surface area contributed by atoms with Crippen molar-refractivity contribution in [3.63, 3.8) is 0 Å². The Kier molecular flexibility index (Phi) is 4.47. The van der Waals surface area contributed by atoms with E-state index in [4.69, 9.17) is 9.47 Å². The highest BCUT2D eigenvalue weighted by atomic mass is 16.5. The highest BCUT2D eigenvalue weighted by molar-refractivity contribution is 5.87. The molecule has 0 spiro atoms. The molecular weight excluding hydrogens is 384 g/mol. The summed E-state index contributed by atoms with van der Waals surface area (Å²) in [5, 5.41) is 0. The highest BCUT2D eigenvalue weighted by Crippen LogP contribution is 2.28. The second kappa shape index (κ2) is 7.43. The third-order valence-electron chi connectivity index (χ3n) is 4.93. The number of fused-ring (bicyclic) bond motifs is 2. The van der Waals surface area contributed by atoms with E-state index < -0.39 is 0 Å². The topological polar surface area (TPSA) is 94.7 Å². The molecule has 5 rings (SSSR count). The van der Waals surface area contributed by atoms with Crippen LogP contribution in [0.4, 0.5) is 0 Å². The van der Waals surface area contributed by atoms with E-state index in [9.17, 15) is 4.79 Å². The van der Waals surface area contributed by atoms with Crippen molar-refractivity contribution in [2.75, 3.05) is 13.1 Å². The summed E-state index contributed by atoms with van der Waals surface area (Å²) in [7, 11) is 0. The quantitative estimate of drug-likeness (QED) is 0.474. The van der Waals surface area contributed by atoms with Crippen LogP contribution in [0.25, 0.3) is 16.7 Å². The van der Waals surface area contributed by atoms with Gasteiger partial charge in [0, 0.05) is 43.7 Å². The molecule has 1 fully saturated rings. The summed E-state index contributed by atoms with van der Waals surface area (Å²) in [6, 6.07) is 7.21. The molecule has 5 heterocycles. The first-order valence-corrected chi connectivity index (χ1v) is 9.50. The lowest BCUT2D eigenvalue weighted by molar-refractivity contribution is -0.125. The van der Waals surface area contributed by atoms with Crippen molar-refractivity contribution in [2.24, 2.45) is 0 Å². The lowest BCUT2D eigenvalue weighted by atomic mass is 10.3. The molecule has 1 amide bonds. The number of carbonyl (C=O) groups is 1. The molecule has 0 unspecified atom stereocenters. The van der Waals surface area contributed by atoms with Gasteiger partial charge in [-0.15, -0.1) is 0 Å². The second-order valence-electron chi connectivity index (χ2n) is 6.87. The number of pyridine rings is 2. The summed E-state index contributed by atoms with van der Waals surface area (Å²) in [5.74, 6) is 1.27. The first-order chi connectivity index (χ1) is 14.7. The molecule has 9 nitrogen and oxygen atoms in total. The van der Waals surface area contributed by atoms with Crippen LogP contribution in [-0.2, 0) is 4.79 Å². The van der Waals surface area contributed by atoms with E-state index in [1.165, 1.54) is 12.4 Å². The first kappa shape index (κ1) is 18.0. The Morgan fingerprint density at radius 2 is 2.13 bits per heavy atom. The lowest BCUT2D eigenvalue weighted by Crippen LogP contribution is -2.29. The molecule has 30 heavy (non-hydrogen) atoms. The van der Waals surface area contributed by atoms with Crippen molar-refractivity contribution in [3.8, 4) is 17.5 Å². The van der Waals surface area contributed by atoms with Crippen LogP contribution < -0.4 is 9.47 Å². The van der Waals surface area contributed by atoms with Crippen LogP contribution in [0, 0.1) is 0 Å². The van der Waals surface area contributed by atoms with E-state index in [1.807, 2.05) is 35.0 Å². The van der Waals surface area contributed by atoms with Crippen molar-refractivity contribution < 1.29 is 14.3 Å². The number of hydrogen-bond acceptors (Lipinski definition) is 7. The molecule has 1 saturated heterocycles. The zero-order chi connectivity index (χ0) is 20.5. The van der Waals surface area contributed by atoms with Gasteiger partial charge in [0.1, 0.15) is 23.8 Å². The third kappa shape index (κ3) is 3.41. The van der Waals surface area contributed by atoms with E-state index >= 15 is 0 Å². The predicted molar refractivity (Wildman–Crippen MR) is 108 cm³/mol. The molecule has 1 atom stereocenters. The maximum atomic E-state index is 11.8. The van der Waals surface area contributed by atoms with Gasteiger partial charge in [-0.1, -0.05) is 6.58 Å². The van der Waals surface area contributed by atoms with Gasteiger partial charge in [-0.2, -0.15) is 4.98 Å². The van der Waals surface area contributed by atoms with Crippen LogP contribution in [0.5, 0.6) is 17.5 Å². The van der Waals surface area contributed by atoms with Gasteiger partial charge in [0.2, 0.25) is 17.7 Å². The van der Waals surface area contributed by atoms with Gasteiger partial charge < -0.3 is 18.8 Å². The summed E-state index contributed by atoms with van der Waals surface area (Å²) in [5.41, 5.74) is 1.90. The summed E-state index contributed by atoms with van der Waals surface area (Å²) in [4.78, 5) is 30.8. The number of amides is 1. The lowest BCUT2D eigenvalue weighted by Gasteiger charge is -2.15. The zero-order valence-corrected chi connectivity index (χ0v) is 16.0. The van der Waals surface area contributed by atoms with E-state index in [0.717, 1.165) is 12.1 Å². The van der Waals surface area contributed by atoms with Gasteiger partial charge in [0.25, 0.3) is 0 Å². The van der Waals surface area contributed by atoms with E-state index in [0.29, 0.717) is 41.6 Å². The minimum atomic E-state index is -0.129. The van der Waals surface area contributed by atoms with Gasteiger partial charge >= 0.3 is 0 Å². The van der Waals surface area contributed by atoms with Crippen molar-refractivity contribution in [1.82, 2.24) is 29.2 Å². The number of hydrogen-bond donors (Lipinski definition) is 0. The SMILES string of the molecule is C=CC(=O)N1CC[C@H](Oc2ccc3ncnc(Oc4ccn5ccnc5c4)c3n2)C1. The van der Waals surface area contributed by atoms with Crippen molar-refractivity contribution in [3.05, 3.63) is 61.8 Å². The smallest absolute Gasteiger partial charge is 0.249 e.